The molecule has 3 aromatic heterocycles. The molecule has 0 unspecified atom stereocenters. The fourth-order valence-corrected chi connectivity index (χ4v) is 3.59. The number of aryl methyl sites for hydroxylation is 1. The predicted octanol–water partition coefficient (Wildman–Crippen LogP) is 2.62. The largest absolute Gasteiger partial charge is 0.342 e. The first-order valence-electron chi connectivity index (χ1n) is 7.01. The quantitative estimate of drug-likeness (QED) is 0.773. The number of hydrogen-bond acceptors (Lipinski definition) is 5. The van der Waals surface area contributed by atoms with Gasteiger partial charge in [-0.3, -0.25) is 9.59 Å². The second-order valence-electron chi connectivity index (χ2n) is 5.10. The van der Waals surface area contributed by atoms with Gasteiger partial charge in [-0.2, -0.15) is 11.3 Å². The molecule has 0 spiro atoms. The van der Waals surface area contributed by atoms with Crippen LogP contribution in [0.5, 0.6) is 0 Å². The van der Waals surface area contributed by atoms with Gasteiger partial charge in [-0.15, -0.1) is 11.3 Å². The highest BCUT2D eigenvalue weighted by molar-refractivity contribution is 7.09. The minimum Gasteiger partial charge on any atom is -0.342 e. The van der Waals surface area contributed by atoms with Crippen molar-refractivity contribution in [1.82, 2.24) is 14.9 Å². The number of rotatable bonds is 5. The minimum atomic E-state index is -0.212. The maximum Gasteiger partial charge on any atom is 0.253 e. The summed E-state index contributed by atoms with van der Waals surface area (Å²) in [6, 6.07) is 4.80. The number of carbonyl (C=O) groups excluding carboxylic acids is 1. The van der Waals surface area contributed by atoms with Crippen LogP contribution < -0.4 is 10.9 Å². The number of carbonyl (C=O) groups is 1. The van der Waals surface area contributed by atoms with Crippen LogP contribution in [0.3, 0.4) is 0 Å². The molecular formula is C16H15N3O2S2. The molecule has 0 fully saturated rings. The van der Waals surface area contributed by atoms with Crippen molar-refractivity contribution >= 4 is 28.6 Å². The SMILES string of the molecule is Cn1cc(C(=O)N[C@@H](Cc2ccsc2)c2nccs2)ccc1=O. The van der Waals surface area contributed by atoms with Crippen LogP contribution in [0.4, 0.5) is 0 Å². The molecule has 1 N–H and O–H groups in total. The molecule has 0 bridgehead atoms. The number of amides is 1. The summed E-state index contributed by atoms with van der Waals surface area (Å²) in [6.07, 6.45) is 3.97. The molecule has 0 aliphatic carbocycles. The standard InChI is InChI=1S/C16H15N3O2S2/c1-19-9-12(2-3-14(19)20)15(21)18-13(16-17-5-7-23-16)8-11-4-6-22-10-11/h2-7,9-10,13H,8H2,1H3,(H,18,21)/t13-/m0/s1. The van der Waals surface area contributed by atoms with Gasteiger partial charge in [0.05, 0.1) is 11.6 Å². The van der Waals surface area contributed by atoms with Gasteiger partial charge in [0.1, 0.15) is 5.01 Å². The van der Waals surface area contributed by atoms with Crippen molar-refractivity contribution in [2.75, 3.05) is 0 Å². The summed E-state index contributed by atoms with van der Waals surface area (Å²) < 4.78 is 1.40. The Morgan fingerprint density at radius 3 is 2.87 bits per heavy atom. The molecular weight excluding hydrogens is 330 g/mol. The molecule has 1 atom stereocenters. The van der Waals surface area contributed by atoms with Crippen LogP contribution in [-0.4, -0.2) is 15.5 Å². The van der Waals surface area contributed by atoms with Gasteiger partial charge in [0.15, 0.2) is 0 Å². The summed E-state index contributed by atoms with van der Waals surface area (Å²) in [5.41, 5.74) is 1.48. The molecule has 0 saturated heterocycles. The average Bonchev–Trinajstić information content (AvgIpc) is 3.22. The molecule has 23 heavy (non-hydrogen) atoms. The van der Waals surface area contributed by atoms with E-state index in [1.54, 1.807) is 36.8 Å². The van der Waals surface area contributed by atoms with Gasteiger partial charge in [-0.25, -0.2) is 4.98 Å². The molecule has 7 heteroatoms. The summed E-state index contributed by atoms with van der Waals surface area (Å²) in [5, 5.41) is 9.87. The lowest BCUT2D eigenvalue weighted by Gasteiger charge is -2.16. The highest BCUT2D eigenvalue weighted by atomic mass is 32.1. The molecule has 5 nitrogen and oxygen atoms in total. The van der Waals surface area contributed by atoms with Gasteiger partial charge in [-0.05, 0) is 28.5 Å². The fraction of sp³-hybridized carbons (Fsp3) is 0.188. The van der Waals surface area contributed by atoms with Gasteiger partial charge in [0.25, 0.3) is 5.91 Å². The number of aromatic nitrogens is 2. The molecule has 0 saturated carbocycles. The number of thiazole rings is 1. The van der Waals surface area contributed by atoms with E-state index < -0.39 is 0 Å². The Morgan fingerprint density at radius 1 is 1.35 bits per heavy atom. The number of pyridine rings is 1. The van der Waals surface area contributed by atoms with E-state index in [-0.39, 0.29) is 17.5 Å². The van der Waals surface area contributed by atoms with Crippen molar-refractivity contribution in [2.24, 2.45) is 7.05 Å². The zero-order chi connectivity index (χ0) is 16.2. The highest BCUT2D eigenvalue weighted by Crippen LogP contribution is 2.22. The Labute approximate surface area is 141 Å². The molecule has 0 aromatic carbocycles. The topological polar surface area (TPSA) is 64.0 Å². The van der Waals surface area contributed by atoms with E-state index in [2.05, 4.69) is 15.7 Å². The Morgan fingerprint density at radius 2 is 2.22 bits per heavy atom. The van der Waals surface area contributed by atoms with Gasteiger partial charge >= 0.3 is 0 Å². The fourth-order valence-electron chi connectivity index (χ4n) is 2.22. The second-order valence-corrected chi connectivity index (χ2v) is 6.81. The van der Waals surface area contributed by atoms with Crippen LogP contribution in [0.25, 0.3) is 0 Å². The molecule has 0 aliphatic rings. The predicted molar refractivity (Wildman–Crippen MR) is 92.0 cm³/mol. The monoisotopic (exact) mass is 345 g/mol. The van der Waals surface area contributed by atoms with Crippen molar-refractivity contribution in [3.63, 3.8) is 0 Å². The van der Waals surface area contributed by atoms with Gasteiger partial charge in [0.2, 0.25) is 5.56 Å². The average molecular weight is 345 g/mol. The number of thiophene rings is 1. The Bertz CT molecular complexity index is 839. The van der Waals surface area contributed by atoms with Gasteiger partial charge in [0, 0.05) is 37.3 Å². The van der Waals surface area contributed by atoms with Crippen LogP contribution in [-0.2, 0) is 13.5 Å². The van der Waals surface area contributed by atoms with E-state index in [1.807, 2.05) is 16.8 Å². The molecule has 1 amide bonds. The van der Waals surface area contributed by atoms with Gasteiger partial charge in [-0.1, -0.05) is 0 Å². The van der Waals surface area contributed by atoms with E-state index >= 15 is 0 Å². The molecule has 3 aromatic rings. The van der Waals surface area contributed by atoms with Crippen LogP contribution >= 0.6 is 22.7 Å². The molecule has 3 rings (SSSR count). The van der Waals surface area contributed by atoms with Crippen LogP contribution in [0.2, 0.25) is 0 Å². The summed E-state index contributed by atoms with van der Waals surface area (Å²) in [5.74, 6) is -0.212. The lowest BCUT2D eigenvalue weighted by molar-refractivity contribution is 0.0935. The maximum atomic E-state index is 12.5. The van der Waals surface area contributed by atoms with Gasteiger partial charge < -0.3 is 9.88 Å². The van der Waals surface area contributed by atoms with Crippen molar-refractivity contribution in [2.45, 2.75) is 12.5 Å². The third-order valence-corrected chi connectivity index (χ3v) is 5.04. The zero-order valence-electron chi connectivity index (χ0n) is 12.4. The van der Waals surface area contributed by atoms with E-state index in [0.717, 1.165) is 10.6 Å². The maximum absolute atomic E-state index is 12.5. The molecule has 3 heterocycles. The minimum absolute atomic E-state index is 0.142. The summed E-state index contributed by atoms with van der Waals surface area (Å²) in [7, 11) is 1.63. The summed E-state index contributed by atoms with van der Waals surface area (Å²) in [6.45, 7) is 0. The lowest BCUT2D eigenvalue weighted by atomic mass is 10.1. The Balaban J connectivity index is 1.81. The summed E-state index contributed by atoms with van der Waals surface area (Å²) >= 11 is 3.15. The highest BCUT2D eigenvalue weighted by Gasteiger charge is 2.19. The summed E-state index contributed by atoms with van der Waals surface area (Å²) in [4.78, 5) is 28.3. The van der Waals surface area contributed by atoms with E-state index in [1.165, 1.54) is 22.0 Å². The number of nitrogens with zero attached hydrogens (tertiary/aromatic N) is 2. The molecule has 118 valence electrons. The van der Waals surface area contributed by atoms with E-state index in [9.17, 15) is 9.59 Å². The van der Waals surface area contributed by atoms with Crippen molar-refractivity contribution in [1.29, 1.82) is 0 Å². The van der Waals surface area contributed by atoms with Crippen molar-refractivity contribution in [3.05, 3.63) is 73.2 Å². The van der Waals surface area contributed by atoms with E-state index in [0.29, 0.717) is 12.0 Å². The third-order valence-electron chi connectivity index (χ3n) is 3.42. The Kier molecular flexibility index (Phi) is 4.68. The first-order valence-corrected chi connectivity index (χ1v) is 8.84. The van der Waals surface area contributed by atoms with Crippen molar-refractivity contribution in [3.8, 4) is 0 Å². The first kappa shape index (κ1) is 15.6. The van der Waals surface area contributed by atoms with E-state index in [4.69, 9.17) is 0 Å². The van der Waals surface area contributed by atoms with Crippen molar-refractivity contribution < 1.29 is 4.79 Å². The smallest absolute Gasteiger partial charge is 0.253 e. The molecule has 0 radical (unpaired) electrons. The first-order chi connectivity index (χ1) is 11.1. The second kappa shape index (κ2) is 6.89. The number of hydrogen-bond donors (Lipinski definition) is 1. The normalized spacial score (nSPS) is 12.0. The van der Waals surface area contributed by atoms with Crippen LogP contribution in [0, 0.1) is 0 Å². The third kappa shape index (κ3) is 3.75. The van der Waals surface area contributed by atoms with Crippen LogP contribution in [0.15, 0.2) is 51.5 Å². The Hall–Kier alpha value is -2.25. The molecule has 0 aliphatic heterocycles. The zero-order valence-corrected chi connectivity index (χ0v) is 14.1. The lowest BCUT2D eigenvalue weighted by Crippen LogP contribution is -2.31. The number of nitrogens with one attached hydrogen (secondary N) is 1. The van der Waals surface area contributed by atoms with Crippen LogP contribution in [0.1, 0.15) is 27.0 Å².